The molecule has 9 heteroatoms. The van der Waals surface area contributed by atoms with Crippen molar-refractivity contribution in [1.29, 1.82) is 0 Å². The van der Waals surface area contributed by atoms with Crippen molar-refractivity contribution in [2.45, 2.75) is 51.2 Å². The maximum atomic E-state index is 12.9. The van der Waals surface area contributed by atoms with E-state index in [0.717, 1.165) is 32.5 Å². The van der Waals surface area contributed by atoms with Gasteiger partial charge in [0, 0.05) is 51.0 Å². The molecule has 1 amide bonds. The molecule has 0 N–H and O–H groups in total. The van der Waals surface area contributed by atoms with E-state index in [4.69, 9.17) is 14.2 Å². The van der Waals surface area contributed by atoms with Crippen LogP contribution in [0.4, 0.5) is 0 Å². The highest BCUT2D eigenvalue weighted by Crippen LogP contribution is 2.25. The van der Waals surface area contributed by atoms with Gasteiger partial charge in [-0.05, 0) is 38.8 Å². The molecule has 1 atom stereocenters. The molecule has 0 bridgehead atoms. The molecule has 32 heavy (non-hydrogen) atoms. The topological polar surface area (TPSA) is 90.3 Å². The molecule has 176 valence electrons. The maximum Gasteiger partial charge on any atom is 0.343 e. The molecule has 4 heterocycles. The molecular weight excluding hydrogens is 414 g/mol. The second kappa shape index (κ2) is 10.5. The fraction of sp³-hybridized carbons (Fsp3) is 0.696. The van der Waals surface area contributed by atoms with Crippen molar-refractivity contribution in [3.05, 3.63) is 27.7 Å². The summed E-state index contributed by atoms with van der Waals surface area (Å²) in [7, 11) is 1.33. The standard InChI is InChI=1S/C23H33N3O6/c1-30-23(29)21-17-7-10-25(22(28)18-6-5-14-31-18)11-12-26(17)20(27)16-19(21)32-15-13-24-8-3-2-4-9-24/h16,18H,2-15H2,1H3/t18-/m0/s1. The number of amides is 1. The predicted molar refractivity (Wildman–Crippen MR) is 117 cm³/mol. The molecule has 4 rings (SSSR count). The van der Waals surface area contributed by atoms with E-state index in [1.807, 2.05) is 0 Å². The molecule has 9 nitrogen and oxygen atoms in total. The Balaban J connectivity index is 1.52. The molecule has 2 fully saturated rings. The van der Waals surface area contributed by atoms with E-state index >= 15 is 0 Å². The highest BCUT2D eigenvalue weighted by Gasteiger charge is 2.31. The third-order valence-corrected chi connectivity index (χ3v) is 6.61. The van der Waals surface area contributed by atoms with Crippen LogP contribution in [0.1, 0.15) is 48.2 Å². The number of likely N-dealkylation sites (tertiary alicyclic amines) is 1. The monoisotopic (exact) mass is 447 g/mol. The van der Waals surface area contributed by atoms with Crippen LogP contribution in [0.3, 0.4) is 0 Å². The highest BCUT2D eigenvalue weighted by atomic mass is 16.5. The van der Waals surface area contributed by atoms with Gasteiger partial charge in [0.2, 0.25) is 0 Å². The maximum absolute atomic E-state index is 12.9. The Kier molecular flexibility index (Phi) is 7.47. The number of ether oxygens (including phenoxy) is 3. The lowest BCUT2D eigenvalue weighted by atomic mass is 10.1. The molecule has 1 aromatic heterocycles. The van der Waals surface area contributed by atoms with E-state index in [9.17, 15) is 14.4 Å². The number of aromatic nitrogens is 1. The van der Waals surface area contributed by atoms with Crippen LogP contribution in [0.15, 0.2) is 10.9 Å². The predicted octanol–water partition coefficient (Wildman–Crippen LogP) is 1.06. The Bertz CT molecular complexity index is 886. The molecule has 3 aliphatic rings. The molecule has 0 aliphatic carbocycles. The summed E-state index contributed by atoms with van der Waals surface area (Å²) in [4.78, 5) is 42.5. The SMILES string of the molecule is COC(=O)c1c(OCCN2CCCCC2)cc(=O)n2c1CCN(C(=O)[C@@H]1CCCO1)CC2. The largest absolute Gasteiger partial charge is 0.491 e. The third-order valence-electron chi connectivity index (χ3n) is 6.61. The first-order valence-electron chi connectivity index (χ1n) is 11.7. The van der Waals surface area contributed by atoms with Crippen LogP contribution in [0.5, 0.6) is 5.75 Å². The number of hydrogen-bond acceptors (Lipinski definition) is 7. The number of esters is 1. The number of pyridine rings is 1. The van der Waals surface area contributed by atoms with Gasteiger partial charge in [-0.3, -0.25) is 14.5 Å². The van der Waals surface area contributed by atoms with E-state index in [1.165, 1.54) is 32.4 Å². The lowest BCUT2D eigenvalue weighted by Gasteiger charge is -2.26. The Morgan fingerprint density at radius 1 is 1.09 bits per heavy atom. The van der Waals surface area contributed by atoms with E-state index in [0.29, 0.717) is 45.0 Å². The van der Waals surface area contributed by atoms with Gasteiger partial charge >= 0.3 is 5.97 Å². The number of methoxy groups -OCH3 is 1. The quantitative estimate of drug-likeness (QED) is 0.603. The summed E-state index contributed by atoms with van der Waals surface area (Å²) in [5.41, 5.74) is 0.629. The van der Waals surface area contributed by atoms with E-state index in [-0.39, 0.29) is 22.8 Å². The number of carbonyl (C=O) groups is 2. The minimum atomic E-state index is -0.527. The molecule has 1 aromatic rings. The van der Waals surface area contributed by atoms with Crippen molar-refractivity contribution in [2.75, 3.05) is 53.0 Å². The smallest absolute Gasteiger partial charge is 0.343 e. The Morgan fingerprint density at radius 3 is 2.62 bits per heavy atom. The highest BCUT2D eigenvalue weighted by molar-refractivity contribution is 5.93. The normalized spacial score (nSPS) is 21.7. The van der Waals surface area contributed by atoms with E-state index in [2.05, 4.69) is 4.90 Å². The molecule has 0 saturated carbocycles. The molecular formula is C23H33N3O6. The zero-order valence-electron chi connectivity index (χ0n) is 18.8. The fourth-order valence-electron chi connectivity index (χ4n) is 4.85. The Labute approximate surface area is 188 Å². The van der Waals surface area contributed by atoms with Crippen LogP contribution in [-0.4, -0.2) is 85.4 Å². The molecule has 0 aromatic carbocycles. The second-order valence-electron chi connectivity index (χ2n) is 8.64. The number of piperidine rings is 1. The number of rotatable bonds is 6. The number of hydrogen-bond donors (Lipinski definition) is 0. The van der Waals surface area contributed by atoms with Gasteiger partial charge in [-0.15, -0.1) is 0 Å². The van der Waals surface area contributed by atoms with Crippen LogP contribution in [0, 0.1) is 0 Å². The summed E-state index contributed by atoms with van der Waals surface area (Å²) >= 11 is 0. The van der Waals surface area contributed by atoms with Crippen LogP contribution in [0.2, 0.25) is 0 Å². The fourth-order valence-corrected chi connectivity index (χ4v) is 4.85. The zero-order chi connectivity index (χ0) is 22.5. The van der Waals surface area contributed by atoms with Gasteiger partial charge in [0.05, 0.1) is 7.11 Å². The Hall–Kier alpha value is -2.39. The number of carbonyl (C=O) groups excluding carboxylic acids is 2. The van der Waals surface area contributed by atoms with Gasteiger partial charge in [0.15, 0.2) is 0 Å². The lowest BCUT2D eigenvalue weighted by Crippen LogP contribution is -2.40. The molecule has 0 spiro atoms. The average Bonchev–Trinajstić information content (AvgIpc) is 3.26. The average molecular weight is 448 g/mol. The molecule has 2 saturated heterocycles. The zero-order valence-corrected chi connectivity index (χ0v) is 18.8. The lowest BCUT2D eigenvalue weighted by molar-refractivity contribution is -0.140. The first-order valence-corrected chi connectivity index (χ1v) is 11.7. The van der Waals surface area contributed by atoms with Crippen molar-refractivity contribution < 1.29 is 23.8 Å². The van der Waals surface area contributed by atoms with Gasteiger partial charge in [-0.1, -0.05) is 6.42 Å². The summed E-state index contributed by atoms with van der Waals surface area (Å²) in [6, 6.07) is 1.38. The van der Waals surface area contributed by atoms with Crippen molar-refractivity contribution in [1.82, 2.24) is 14.4 Å². The first kappa shape index (κ1) is 22.8. The van der Waals surface area contributed by atoms with Gasteiger partial charge < -0.3 is 23.7 Å². The van der Waals surface area contributed by atoms with Gasteiger partial charge in [-0.2, -0.15) is 0 Å². The molecule has 0 unspecified atom stereocenters. The van der Waals surface area contributed by atoms with E-state index in [1.54, 1.807) is 9.47 Å². The van der Waals surface area contributed by atoms with Gasteiger partial charge in [-0.25, -0.2) is 4.79 Å². The number of nitrogens with zero attached hydrogens (tertiary/aromatic N) is 3. The van der Waals surface area contributed by atoms with Crippen LogP contribution in [0.25, 0.3) is 0 Å². The summed E-state index contributed by atoms with van der Waals surface area (Å²) < 4.78 is 18.1. The van der Waals surface area contributed by atoms with Gasteiger partial charge in [0.25, 0.3) is 11.5 Å². The van der Waals surface area contributed by atoms with Crippen molar-refractivity contribution >= 4 is 11.9 Å². The van der Waals surface area contributed by atoms with E-state index < -0.39 is 12.1 Å². The minimum absolute atomic E-state index is 0.0408. The van der Waals surface area contributed by atoms with Crippen LogP contribution < -0.4 is 10.3 Å². The third kappa shape index (κ3) is 4.99. The van der Waals surface area contributed by atoms with Crippen LogP contribution in [-0.2, 0) is 27.2 Å². The summed E-state index contributed by atoms with van der Waals surface area (Å²) in [5.74, 6) is -0.300. The van der Waals surface area contributed by atoms with Crippen molar-refractivity contribution in [3.8, 4) is 5.75 Å². The summed E-state index contributed by atoms with van der Waals surface area (Å²) in [6.07, 6.45) is 5.23. The molecule has 3 aliphatic heterocycles. The van der Waals surface area contributed by atoms with Crippen molar-refractivity contribution in [2.24, 2.45) is 0 Å². The molecule has 0 radical (unpaired) electrons. The summed E-state index contributed by atoms with van der Waals surface area (Å²) in [6.45, 7) is 5.00. The van der Waals surface area contributed by atoms with Gasteiger partial charge in [0.1, 0.15) is 24.0 Å². The van der Waals surface area contributed by atoms with Crippen LogP contribution >= 0.6 is 0 Å². The second-order valence-corrected chi connectivity index (χ2v) is 8.64. The summed E-state index contributed by atoms with van der Waals surface area (Å²) in [5, 5.41) is 0. The van der Waals surface area contributed by atoms with Crippen molar-refractivity contribution in [3.63, 3.8) is 0 Å². The first-order chi connectivity index (χ1) is 15.6. The number of fused-ring (bicyclic) bond motifs is 1. The minimum Gasteiger partial charge on any atom is -0.491 e. The Morgan fingerprint density at radius 2 is 1.91 bits per heavy atom.